The monoisotopic (exact) mass is 356 g/mol. The summed E-state index contributed by atoms with van der Waals surface area (Å²) in [4.78, 5) is 0. The first-order chi connectivity index (χ1) is 12.4. The molecule has 0 unspecified atom stereocenters. The third-order valence-electron chi connectivity index (χ3n) is 4.47. The summed E-state index contributed by atoms with van der Waals surface area (Å²) < 4.78 is 0. The van der Waals surface area contributed by atoms with Gasteiger partial charge in [0.05, 0.1) is 0 Å². The van der Waals surface area contributed by atoms with Crippen LogP contribution in [0.15, 0.2) is 102 Å². The largest absolute Gasteiger partial charge is 0.0998 e. The van der Waals surface area contributed by atoms with Crippen molar-refractivity contribution in [1.82, 2.24) is 0 Å². The smallest absolute Gasteiger partial charge is 0.0483 e. The Hall–Kier alpha value is -2.38. The highest BCUT2D eigenvalue weighted by Crippen LogP contribution is 2.33. The van der Waals surface area contributed by atoms with E-state index < -0.39 is 8.07 Å². The predicted molar refractivity (Wildman–Crippen MR) is 118 cm³/mol. The van der Waals surface area contributed by atoms with Gasteiger partial charge < -0.3 is 0 Å². The molecule has 0 saturated heterocycles. The normalized spacial score (nSPS) is 13.7. The van der Waals surface area contributed by atoms with E-state index in [2.05, 4.69) is 105 Å². The minimum absolute atomic E-state index is 0.987. The molecule has 0 spiro atoms. The molecule has 0 heterocycles. The highest BCUT2D eigenvalue weighted by atomic mass is 28.3. The van der Waals surface area contributed by atoms with Crippen LogP contribution in [0.4, 0.5) is 0 Å². The topological polar surface area (TPSA) is 0 Å². The van der Waals surface area contributed by atoms with E-state index in [9.17, 15) is 0 Å². The summed E-state index contributed by atoms with van der Waals surface area (Å²) in [6, 6.07) is 22.6. The van der Waals surface area contributed by atoms with E-state index in [1.807, 2.05) is 0 Å². The summed E-state index contributed by atoms with van der Waals surface area (Å²) in [5.74, 6) is 0. The fraction of sp³-hybridized carbons (Fsp3) is 0.200. The van der Waals surface area contributed by atoms with E-state index in [0.29, 0.717) is 0 Å². The van der Waals surface area contributed by atoms with E-state index in [1.165, 1.54) is 39.5 Å². The zero-order valence-corrected chi connectivity index (χ0v) is 17.1. The van der Waals surface area contributed by atoms with Gasteiger partial charge in [0, 0.05) is 8.07 Å². The van der Waals surface area contributed by atoms with Crippen molar-refractivity contribution in [2.45, 2.75) is 32.1 Å². The van der Waals surface area contributed by atoms with Crippen LogP contribution in [0.2, 0.25) is 25.7 Å². The summed E-state index contributed by atoms with van der Waals surface area (Å²) in [6.45, 7) is 11.6. The van der Waals surface area contributed by atoms with Crippen LogP contribution in [-0.4, -0.2) is 8.07 Å². The Kier molecular flexibility index (Phi) is 5.58. The molecule has 0 radical (unpaired) electrons. The zero-order valence-electron chi connectivity index (χ0n) is 16.1. The van der Waals surface area contributed by atoms with Crippen molar-refractivity contribution in [3.8, 4) is 0 Å². The second kappa shape index (κ2) is 7.88. The van der Waals surface area contributed by atoms with Crippen molar-refractivity contribution in [2.75, 3.05) is 0 Å². The number of hydrogen-bond acceptors (Lipinski definition) is 0. The van der Waals surface area contributed by atoms with Crippen molar-refractivity contribution in [2.24, 2.45) is 0 Å². The fourth-order valence-electron chi connectivity index (χ4n) is 3.57. The summed E-state index contributed by atoms with van der Waals surface area (Å²) in [7, 11) is -1.10. The molecule has 0 bridgehead atoms. The van der Waals surface area contributed by atoms with Crippen molar-refractivity contribution < 1.29 is 0 Å². The number of rotatable bonds is 6. The molecule has 0 atom stereocenters. The molecule has 2 aromatic carbocycles. The minimum Gasteiger partial charge on any atom is -0.0998 e. The summed E-state index contributed by atoms with van der Waals surface area (Å²) in [5, 5.41) is 0. The average Bonchev–Trinajstić information content (AvgIpc) is 3.03. The van der Waals surface area contributed by atoms with Gasteiger partial charge in [-0.05, 0) is 40.3 Å². The maximum absolute atomic E-state index is 4.33. The summed E-state index contributed by atoms with van der Waals surface area (Å²) in [5.41, 5.74) is 7.84. The number of allylic oxidation sites excluding steroid dienone is 6. The molecule has 2 aromatic rings. The van der Waals surface area contributed by atoms with Crippen LogP contribution in [0.5, 0.6) is 0 Å². The van der Waals surface area contributed by atoms with Gasteiger partial charge in [-0.15, -0.1) is 0 Å². The highest BCUT2D eigenvalue weighted by Gasteiger charge is 2.17. The van der Waals surface area contributed by atoms with E-state index >= 15 is 0 Å². The SMILES string of the molecule is C=C(CC1=CC(=C(c2ccccc2)c2ccccc2)C=C1)C[Si](C)(C)C. The Morgan fingerprint density at radius 1 is 0.808 bits per heavy atom. The molecule has 0 aliphatic heterocycles. The van der Waals surface area contributed by atoms with E-state index in [-0.39, 0.29) is 0 Å². The Balaban J connectivity index is 1.94. The van der Waals surface area contributed by atoms with Crippen molar-refractivity contribution in [3.63, 3.8) is 0 Å². The van der Waals surface area contributed by atoms with Gasteiger partial charge in [-0.1, -0.05) is 111 Å². The Morgan fingerprint density at radius 3 is 1.85 bits per heavy atom. The number of hydrogen-bond donors (Lipinski definition) is 0. The highest BCUT2D eigenvalue weighted by molar-refractivity contribution is 6.76. The molecule has 0 amide bonds. The Bertz CT molecular complexity index is 818. The first-order valence-electron chi connectivity index (χ1n) is 9.33. The Morgan fingerprint density at radius 2 is 1.35 bits per heavy atom. The zero-order chi connectivity index (χ0) is 18.6. The van der Waals surface area contributed by atoms with E-state index in [4.69, 9.17) is 0 Å². The molecule has 3 rings (SSSR count). The van der Waals surface area contributed by atoms with E-state index in [0.717, 1.165) is 6.42 Å². The Labute approximate surface area is 159 Å². The quantitative estimate of drug-likeness (QED) is 0.377. The number of benzene rings is 2. The molecule has 132 valence electrons. The first-order valence-corrected chi connectivity index (χ1v) is 13.0. The lowest BCUT2D eigenvalue weighted by molar-refractivity contribution is 1.14. The molecule has 0 fully saturated rings. The van der Waals surface area contributed by atoms with Gasteiger partial charge in [0.1, 0.15) is 0 Å². The second-order valence-electron chi connectivity index (χ2n) is 8.28. The molecule has 0 N–H and O–H groups in total. The van der Waals surface area contributed by atoms with Crippen molar-refractivity contribution in [1.29, 1.82) is 0 Å². The molecular weight excluding hydrogens is 328 g/mol. The second-order valence-corrected chi connectivity index (χ2v) is 13.8. The van der Waals surface area contributed by atoms with Crippen LogP contribution < -0.4 is 0 Å². The molecule has 1 heteroatoms. The predicted octanol–water partition coefficient (Wildman–Crippen LogP) is 7.27. The van der Waals surface area contributed by atoms with Gasteiger partial charge in [-0.25, -0.2) is 0 Å². The molecule has 26 heavy (non-hydrogen) atoms. The maximum atomic E-state index is 4.33. The minimum atomic E-state index is -1.10. The van der Waals surface area contributed by atoms with Crippen LogP contribution in [0, 0.1) is 0 Å². The maximum Gasteiger partial charge on any atom is 0.0483 e. The van der Waals surface area contributed by atoms with Gasteiger partial charge >= 0.3 is 0 Å². The lowest BCUT2D eigenvalue weighted by Gasteiger charge is -2.17. The summed E-state index contributed by atoms with van der Waals surface area (Å²) in [6.07, 6.45) is 7.84. The van der Waals surface area contributed by atoms with Crippen LogP contribution in [0.25, 0.3) is 5.57 Å². The van der Waals surface area contributed by atoms with Gasteiger partial charge in [0.2, 0.25) is 0 Å². The van der Waals surface area contributed by atoms with Gasteiger partial charge in [0.15, 0.2) is 0 Å². The summed E-state index contributed by atoms with van der Waals surface area (Å²) >= 11 is 0. The third kappa shape index (κ3) is 4.83. The van der Waals surface area contributed by atoms with Gasteiger partial charge in [0.25, 0.3) is 0 Å². The molecule has 1 aliphatic carbocycles. The van der Waals surface area contributed by atoms with Crippen molar-refractivity contribution >= 4 is 13.6 Å². The standard InChI is InChI=1S/C25H28Si/c1-20(19-26(2,3)4)17-21-15-16-24(18-21)25(22-11-7-5-8-12-22)23-13-9-6-10-14-23/h5-16,18H,1,17,19H2,2-4H3. The van der Waals surface area contributed by atoms with E-state index in [1.54, 1.807) is 0 Å². The third-order valence-corrected chi connectivity index (χ3v) is 6.03. The van der Waals surface area contributed by atoms with Gasteiger partial charge in [-0.3, -0.25) is 0 Å². The molecular formula is C25H28Si. The van der Waals surface area contributed by atoms with Gasteiger partial charge in [-0.2, -0.15) is 0 Å². The van der Waals surface area contributed by atoms with Crippen LogP contribution in [-0.2, 0) is 0 Å². The average molecular weight is 357 g/mol. The van der Waals surface area contributed by atoms with Crippen LogP contribution in [0.3, 0.4) is 0 Å². The first kappa shape index (κ1) is 18.4. The molecule has 0 aromatic heterocycles. The lowest BCUT2D eigenvalue weighted by atomic mass is 9.93. The lowest BCUT2D eigenvalue weighted by Crippen LogP contribution is -2.19. The molecule has 0 saturated carbocycles. The molecule has 0 nitrogen and oxygen atoms in total. The molecule has 1 aliphatic rings. The van der Waals surface area contributed by atoms with Crippen LogP contribution >= 0.6 is 0 Å². The van der Waals surface area contributed by atoms with Crippen molar-refractivity contribution in [3.05, 3.63) is 113 Å². The fourth-order valence-corrected chi connectivity index (χ4v) is 5.19. The van der Waals surface area contributed by atoms with Crippen LogP contribution in [0.1, 0.15) is 17.5 Å².